The monoisotopic (exact) mass is 482 g/mol. The van der Waals surface area contributed by atoms with Gasteiger partial charge in [0.15, 0.2) is 0 Å². The van der Waals surface area contributed by atoms with E-state index in [1.807, 2.05) is 25.7 Å². The molecule has 0 radical (unpaired) electrons. The lowest BCUT2D eigenvalue weighted by Crippen LogP contribution is -2.45. The molecular formula is C26H37F3N2O3. The first-order chi connectivity index (χ1) is 15.7. The molecule has 1 saturated heterocycles. The standard InChI is InChI=1S/C26H37F3N2O3/c1-24(2,3)32-13-7-8-18-14-19(15-23(30-18)26(27,28)29)31-11-9-20(10-12-31)33-21-16-22(17-21)34-25(4,5)6/h14-15,20-22H,9-13,16-17H2,1-6H3. The van der Waals surface area contributed by atoms with Crippen LogP contribution in [0.4, 0.5) is 18.9 Å². The van der Waals surface area contributed by atoms with Crippen molar-refractivity contribution >= 4 is 5.69 Å². The van der Waals surface area contributed by atoms with Gasteiger partial charge in [-0.25, -0.2) is 4.98 Å². The van der Waals surface area contributed by atoms with E-state index in [1.165, 1.54) is 0 Å². The molecule has 2 aliphatic rings. The summed E-state index contributed by atoms with van der Waals surface area (Å²) in [4.78, 5) is 5.68. The molecule has 8 heteroatoms. The largest absolute Gasteiger partial charge is 0.433 e. The number of ether oxygens (including phenoxy) is 3. The van der Waals surface area contributed by atoms with Crippen LogP contribution in [0, 0.1) is 11.8 Å². The van der Waals surface area contributed by atoms with Gasteiger partial charge in [-0.15, -0.1) is 0 Å². The van der Waals surface area contributed by atoms with Crippen LogP contribution < -0.4 is 4.90 Å². The molecule has 0 N–H and O–H groups in total. The van der Waals surface area contributed by atoms with E-state index < -0.39 is 11.9 Å². The van der Waals surface area contributed by atoms with Gasteiger partial charge in [-0.2, -0.15) is 13.2 Å². The topological polar surface area (TPSA) is 43.8 Å². The fourth-order valence-electron chi connectivity index (χ4n) is 4.03. The van der Waals surface area contributed by atoms with Crippen LogP contribution in [-0.4, -0.2) is 54.2 Å². The van der Waals surface area contributed by atoms with Crippen LogP contribution in [-0.2, 0) is 20.4 Å². The van der Waals surface area contributed by atoms with Crippen LogP contribution in [0.15, 0.2) is 12.1 Å². The molecular weight excluding hydrogens is 445 g/mol. The SMILES string of the molecule is CC(C)(C)OCC#Cc1cc(N2CCC(OC3CC(OC(C)(C)C)C3)CC2)cc(C(F)(F)F)n1. The Morgan fingerprint density at radius 3 is 2.15 bits per heavy atom. The van der Waals surface area contributed by atoms with E-state index in [4.69, 9.17) is 14.2 Å². The third-order valence-electron chi connectivity index (χ3n) is 5.66. The highest BCUT2D eigenvalue weighted by atomic mass is 19.4. The number of halogens is 3. The van der Waals surface area contributed by atoms with E-state index in [2.05, 4.69) is 37.6 Å². The molecule has 0 atom stereocenters. The number of piperidine rings is 1. The van der Waals surface area contributed by atoms with Gasteiger partial charge in [0.2, 0.25) is 0 Å². The van der Waals surface area contributed by atoms with Crippen LogP contribution in [0.5, 0.6) is 0 Å². The smallest absolute Gasteiger partial charge is 0.375 e. The van der Waals surface area contributed by atoms with Crippen molar-refractivity contribution < 1.29 is 27.4 Å². The van der Waals surface area contributed by atoms with E-state index in [1.54, 1.807) is 6.07 Å². The third kappa shape index (κ3) is 8.44. The molecule has 0 spiro atoms. The predicted octanol–water partition coefficient (Wildman–Crippen LogP) is 5.60. The number of anilines is 1. The van der Waals surface area contributed by atoms with E-state index in [-0.39, 0.29) is 41.8 Å². The van der Waals surface area contributed by atoms with E-state index >= 15 is 0 Å². The Kier molecular flexibility index (Phi) is 8.22. The molecule has 5 nitrogen and oxygen atoms in total. The van der Waals surface area contributed by atoms with Crippen molar-refractivity contribution in [3.05, 3.63) is 23.5 Å². The molecule has 0 unspecified atom stereocenters. The van der Waals surface area contributed by atoms with Crippen LogP contribution in [0.25, 0.3) is 0 Å². The van der Waals surface area contributed by atoms with Gasteiger partial charge in [0.25, 0.3) is 0 Å². The lowest BCUT2D eigenvalue weighted by atomic mass is 9.90. The van der Waals surface area contributed by atoms with Gasteiger partial charge in [-0.3, -0.25) is 0 Å². The summed E-state index contributed by atoms with van der Waals surface area (Å²) < 4.78 is 58.1. The number of rotatable bonds is 5. The van der Waals surface area contributed by atoms with Gasteiger partial charge >= 0.3 is 6.18 Å². The predicted molar refractivity (Wildman–Crippen MR) is 126 cm³/mol. The van der Waals surface area contributed by atoms with Crippen LogP contribution in [0.3, 0.4) is 0 Å². The summed E-state index contributed by atoms with van der Waals surface area (Å²) in [6, 6.07) is 2.74. The van der Waals surface area contributed by atoms with Gasteiger partial charge in [0.1, 0.15) is 18.0 Å². The van der Waals surface area contributed by atoms with Crippen molar-refractivity contribution in [2.45, 2.75) is 103 Å². The van der Waals surface area contributed by atoms with Gasteiger partial charge < -0.3 is 19.1 Å². The molecule has 0 amide bonds. The average Bonchev–Trinajstić information content (AvgIpc) is 2.68. The summed E-state index contributed by atoms with van der Waals surface area (Å²) in [6.07, 6.45) is -0.623. The maximum atomic E-state index is 13.5. The Labute approximate surface area is 201 Å². The van der Waals surface area contributed by atoms with Crippen molar-refractivity contribution in [2.24, 2.45) is 0 Å². The van der Waals surface area contributed by atoms with Gasteiger partial charge in [-0.1, -0.05) is 5.92 Å². The molecule has 1 aliphatic heterocycles. The summed E-state index contributed by atoms with van der Waals surface area (Å²) in [5.74, 6) is 5.51. The van der Waals surface area contributed by atoms with Crippen molar-refractivity contribution in [1.29, 1.82) is 0 Å². The summed E-state index contributed by atoms with van der Waals surface area (Å²) in [5, 5.41) is 0. The normalized spacial score (nSPS) is 22.2. The number of pyridine rings is 1. The minimum Gasteiger partial charge on any atom is -0.375 e. The fraction of sp³-hybridized carbons (Fsp3) is 0.731. The Morgan fingerprint density at radius 2 is 1.59 bits per heavy atom. The Morgan fingerprint density at radius 1 is 0.941 bits per heavy atom. The quantitative estimate of drug-likeness (QED) is 0.512. The second-order valence-electron chi connectivity index (χ2n) is 11.1. The summed E-state index contributed by atoms with van der Waals surface area (Å²) in [7, 11) is 0. The number of nitrogens with zero attached hydrogens (tertiary/aromatic N) is 2. The molecule has 1 saturated carbocycles. The maximum absolute atomic E-state index is 13.5. The van der Waals surface area contributed by atoms with Crippen molar-refractivity contribution in [3.8, 4) is 11.8 Å². The van der Waals surface area contributed by atoms with E-state index in [0.29, 0.717) is 18.8 Å². The zero-order chi connectivity index (χ0) is 25.1. The molecule has 34 heavy (non-hydrogen) atoms. The van der Waals surface area contributed by atoms with Gasteiger partial charge in [0.05, 0.1) is 29.5 Å². The first kappa shape index (κ1) is 26.8. The lowest BCUT2D eigenvalue weighted by molar-refractivity contribution is -0.164. The Hall–Kier alpha value is -1.82. The van der Waals surface area contributed by atoms with Gasteiger partial charge in [-0.05, 0) is 85.3 Å². The van der Waals surface area contributed by atoms with Crippen molar-refractivity contribution in [2.75, 3.05) is 24.6 Å². The first-order valence-electron chi connectivity index (χ1n) is 12.0. The maximum Gasteiger partial charge on any atom is 0.433 e. The zero-order valence-corrected chi connectivity index (χ0v) is 21.1. The third-order valence-corrected chi connectivity index (χ3v) is 5.66. The molecule has 1 aromatic rings. The first-order valence-corrected chi connectivity index (χ1v) is 12.0. The number of hydrogen-bond donors (Lipinski definition) is 0. The summed E-state index contributed by atoms with van der Waals surface area (Å²) in [6.45, 7) is 13.2. The van der Waals surface area contributed by atoms with E-state index in [0.717, 1.165) is 31.7 Å². The molecule has 3 rings (SSSR count). The zero-order valence-electron chi connectivity index (χ0n) is 21.1. The molecule has 1 aromatic heterocycles. The fourth-order valence-corrected chi connectivity index (χ4v) is 4.03. The molecule has 0 bridgehead atoms. The number of aromatic nitrogens is 1. The number of alkyl halides is 3. The summed E-state index contributed by atoms with van der Waals surface area (Å²) in [5.41, 5.74) is -0.857. The van der Waals surface area contributed by atoms with Crippen molar-refractivity contribution in [1.82, 2.24) is 4.98 Å². The highest BCUT2D eigenvalue weighted by molar-refractivity contribution is 5.52. The van der Waals surface area contributed by atoms with Crippen LogP contribution in [0.1, 0.15) is 78.6 Å². The second kappa shape index (κ2) is 10.4. The van der Waals surface area contributed by atoms with Gasteiger partial charge in [0, 0.05) is 18.8 Å². The lowest BCUT2D eigenvalue weighted by Gasteiger charge is -2.42. The number of hydrogen-bond acceptors (Lipinski definition) is 5. The second-order valence-corrected chi connectivity index (χ2v) is 11.1. The highest BCUT2D eigenvalue weighted by Gasteiger charge is 2.36. The minimum absolute atomic E-state index is 0.0973. The average molecular weight is 483 g/mol. The Balaban J connectivity index is 1.58. The van der Waals surface area contributed by atoms with Crippen LogP contribution >= 0.6 is 0 Å². The highest BCUT2D eigenvalue weighted by Crippen LogP contribution is 2.34. The Bertz CT molecular complexity index is 880. The van der Waals surface area contributed by atoms with E-state index in [9.17, 15) is 13.2 Å². The van der Waals surface area contributed by atoms with Crippen LogP contribution in [0.2, 0.25) is 0 Å². The van der Waals surface area contributed by atoms with Crippen molar-refractivity contribution in [3.63, 3.8) is 0 Å². The minimum atomic E-state index is -4.54. The summed E-state index contributed by atoms with van der Waals surface area (Å²) >= 11 is 0. The molecule has 1 aliphatic carbocycles. The molecule has 2 heterocycles. The molecule has 190 valence electrons. The molecule has 2 fully saturated rings. The molecule has 0 aromatic carbocycles.